The van der Waals surface area contributed by atoms with E-state index >= 15 is 0 Å². The van der Waals surface area contributed by atoms with Crippen molar-refractivity contribution in [3.8, 4) is 11.5 Å². The quantitative estimate of drug-likeness (QED) is 0.404. The van der Waals surface area contributed by atoms with Crippen LogP contribution in [-0.2, 0) is 20.9 Å². The molecule has 2 N–H and O–H groups in total. The van der Waals surface area contributed by atoms with Crippen molar-refractivity contribution in [3.63, 3.8) is 0 Å². The fourth-order valence-corrected chi connectivity index (χ4v) is 7.00. The van der Waals surface area contributed by atoms with Gasteiger partial charge in [0.1, 0.15) is 11.5 Å². The molecule has 5 unspecified atom stereocenters. The molecule has 0 aromatic heterocycles. The van der Waals surface area contributed by atoms with Gasteiger partial charge in [0.25, 0.3) is 0 Å². The summed E-state index contributed by atoms with van der Waals surface area (Å²) in [5.41, 5.74) is 2.09. The summed E-state index contributed by atoms with van der Waals surface area (Å²) in [6.45, 7) is 3.75. The van der Waals surface area contributed by atoms with Crippen LogP contribution in [0.2, 0.25) is 0 Å². The Labute approximate surface area is 233 Å². The standard InChI is InChI=1S/C31H46N2O6/c1-31-14-6-5-7-24(31)15-25(17-31)33(19-23-12-13-27(37-2)16-28(23)38-3)20-26(34)18-32-29(35)21-8-10-22(11-9-21)30(36)39-4/h8,12-13,16,22,24-26,34H,5-7,9-11,14-15,17-20H2,1-4H3,(H,32,35). The van der Waals surface area contributed by atoms with Crippen LogP contribution in [0.3, 0.4) is 0 Å². The van der Waals surface area contributed by atoms with Crippen molar-refractivity contribution < 1.29 is 28.9 Å². The number of allylic oxidation sites excluding steroid dienone is 1. The maximum absolute atomic E-state index is 12.8. The molecule has 0 bridgehead atoms. The SMILES string of the molecule is COC(=O)C1CC=C(C(=O)NCC(O)CN(Cc2ccc(OC)cc2OC)C2CC3CCCCC3(C)C2)CC1. The van der Waals surface area contributed by atoms with Crippen molar-refractivity contribution in [2.24, 2.45) is 17.3 Å². The third-order valence-electron chi connectivity index (χ3n) is 9.36. The summed E-state index contributed by atoms with van der Waals surface area (Å²) in [4.78, 5) is 27.0. The second-order valence-corrected chi connectivity index (χ2v) is 11.9. The van der Waals surface area contributed by atoms with Crippen molar-refractivity contribution in [2.45, 2.75) is 83.4 Å². The highest BCUT2D eigenvalue weighted by atomic mass is 16.5. The lowest BCUT2D eigenvalue weighted by molar-refractivity contribution is -0.145. The molecular formula is C31H46N2O6. The number of carbonyl (C=O) groups is 2. The van der Waals surface area contributed by atoms with Crippen LogP contribution in [0.4, 0.5) is 0 Å². The molecule has 1 aromatic rings. The summed E-state index contributed by atoms with van der Waals surface area (Å²) in [7, 11) is 4.71. The van der Waals surface area contributed by atoms with Crippen molar-refractivity contribution in [1.29, 1.82) is 0 Å². The molecule has 3 aliphatic carbocycles. The number of fused-ring (bicyclic) bond motifs is 1. The molecule has 0 radical (unpaired) electrons. The Hall–Kier alpha value is -2.58. The zero-order valence-electron chi connectivity index (χ0n) is 24.0. The molecule has 4 rings (SSSR count). The number of methoxy groups -OCH3 is 3. The Bertz CT molecular complexity index is 1040. The minimum atomic E-state index is -0.708. The number of rotatable bonds is 11. The van der Waals surface area contributed by atoms with E-state index in [2.05, 4.69) is 17.1 Å². The average molecular weight is 543 g/mol. The Morgan fingerprint density at radius 3 is 2.67 bits per heavy atom. The number of aliphatic hydroxyl groups excluding tert-OH is 1. The van der Waals surface area contributed by atoms with E-state index in [-0.39, 0.29) is 24.3 Å². The number of ether oxygens (including phenoxy) is 3. The predicted octanol–water partition coefficient (Wildman–Crippen LogP) is 4.24. The number of hydrogen-bond donors (Lipinski definition) is 2. The van der Waals surface area contributed by atoms with E-state index in [1.807, 2.05) is 24.3 Å². The van der Waals surface area contributed by atoms with Gasteiger partial charge in [-0.15, -0.1) is 0 Å². The second-order valence-electron chi connectivity index (χ2n) is 11.9. The number of benzene rings is 1. The molecule has 2 saturated carbocycles. The monoisotopic (exact) mass is 542 g/mol. The van der Waals surface area contributed by atoms with Crippen molar-refractivity contribution in [2.75, 3.05) is 34.4 Å². The van der Waals surface area contributed by atoms with E-state index in [0.717, 1.165) is 35.8 Å². The highest BCUT2D eigenvalue weighted by Gasteiger charge is 2.46. The lowest BCUT2D eigenvalue weighted by atomic mass is 9.70. The summed E-state index contributed by atoms with van der Waals surface area (Å²) < 4.78 is 15.9. The first-order valence-electron chi connectivity index (χ1n) is 14.4. The minimum Gasteiger partial charge on any atom is -0.497 e. The number of amides is 1. The molecule has 8 nitrogen and oxygen atoms in total. The molecular weight excluding hydrogens is 496 g/mol. The fourth-order valence-electron chi connectivity index (χ4n) is 7.00. The van der Waals surface area contributed by atoms with Gasteiger partial charge in [0.2, 0.25) is 5.91 Å². The highest BCUT2D eigenvalue weighted by Crippen LogP contribution is 2.53. The van der Waals surface area contributed by atoms with E-state index in [0.29, 0.717) is 49.4 Å². The zero-order chi connectivity index (χ0) is 28.0. The van der Waals surface area contributed by atoms with Gasteiger partial charge in [0.15, 0.2) is 0 Å². The number of nitrogens with one attached hydrogen (secondary N) is 1. The van der Waals surface area contributed by atoms with Gasteiger partial charge in [0.05, 0.1) is 33.4 Å². The van der Waals surface area contributed by atoms with Crippen molar-refractivity contribution in [1.82, 2.24) is 10.2 Å². The van der Waals surface area contributed by atoms with Crippen LogP contribution in [0, 0.1) is 17.3 Å². The number of hydrogen-bond acceptors (Lipinski definition) is 7. The van der Waals surface area contributed by atoms with E-state index in [4.69, 9.17) is 14.2 Å². The Balaban J connectivity index is 1.41. The zero-order valence-corrected chi connectivity index (χ0v) is 24.0. The molecule has 5 atom stereocenters. The molecule has 2 fully saturated rings. The Kier molecular flexibility index (Phi) is 9.94. The van der Waals surface area contributed by atoms with Gasteiger partial charge in [-0.25, -0.2) is 0 Å². The van der Waals surface area contributed by atoms with Gasteiger partial charge in [0, 0.05) is 42.9 Å². The maximum Gasteiger partial charge on any atom is 0.308 e. The Morgan fingerprint density at radius 1 is 1.18 bits per heavy atom. The van der Waals surface area contributed by atoms with Gasteiger partial charge in [-0.05, 0) is 62.3 Å². The fraction of sp³-hybridized carbons (Fsp3) is 0.677. The average Bonchev–Trinajstić information content (AvgIpc) is 3.32. The number of nitrogens with zero attached hydrogens (tertiary/aromatic N) is 1. The largest absolute Gasteiger partial charge is 0.497 e. The van der Waals surface area contributed by atoms with E-state index in [1.54, 1.807) is 14.2 Å². The van der Waals surface area contributed by atoms with Gasteiger partial charge in [-0.2, -0.15) is 0 Å². The maximum atomic E-state index is 12.8. The molecule has 39 heavy (non-hydrogen) atoms. The molecule has 1 aromatic carbocycles. The summed E-state index contributed by atoms with van der Waals surface area (Å²) in [6.07, 6.45) is 10.2. The van der Waals surface area contributed by atoms with Gasteiger partial charge < -0.3 is 24.6 Å². The second kappa shape index (κ2) is 13.2. The first-order valence-corrected chi connectivity index (χ1v) is 14.4. The highest BCUT2D eigenvalue weighted by molar-refractivity contribution is 5.93. The van der Waals surface area contributed by atoms with Gasteiger partial charge in [-0.3, -0.25) is 14.5 Å². The lowest BCUT2D eigenvalue weighted by Gasteiger charge is -2.36. The van der Waals surface area contributed by atoms with Crippen LogP contribution in [0.1, 0.15) is 70.3 Å². The number of aliphatic hydroxyl groups is 1. The van der Waals surface area contributed by atoms with Crippen LogP contribution in [-0.4, -0.2) is 68.4 Å². The third-order valence-corrected chi connectivity index (χ3v) is 9.36. The van der Waals surface area contributed by atoms with Crippen LogP contribution >= 0.6 is 0 Å². The van der Waals surface area contributed by atoms with Crippen LogP contribution in [0.5, 0.6) is 11.5 Å². The van der Waals surface area contributed by atoms with Crippen molar-refractivity contribution >= 4 is 11.9 Å². The first-order chi connectivity index (χ1) is 18.8. The van der Waals surface area contributed by atoms with Crippen LogP contribution in [0.25, 0.3) is 0 Å². The molecule has 1 amide bonds. The molecule has 8 heteroatoms. The molecule has 0 spiro atoms. The summed E-state index contributed by atoms with van der Waals surface area (Å²) in [6, 6.07) is 6.26. The molecule has 216 valence electrons. The molecule has 0 aliphatic heterocycles. The van der Waals surface area contributed by atoms with Crippen LogP contribution in [0.15, 0.2) is 29.8 Å². The topological polar surface area (TPSA) is 97.3 Å². The van der Waals surface area contributed by atoms with Crippen molar-refractivity contribution in [3.05, 3.63) is 35.4 Å². The molecule has 0 heterocycles. The predicted molar refractivity (Wildman–Crippen MR) is 149 cm³/mol. The molecule has 3 aliphatic rings. The van der Waals surface area contributed by atoms with Crippen LogP contribution < -0.4 is 14.8 Å². The van der Waals surface area contributed by atoms with E-state index < -0.39 is 6.10 Å². The summed E-state index contributed by atoms with van der Waals surface area (Å²) in [5.74, 6) is 1.67. The normalized spacial score (nSPS) is 27.3. The number of carbonyl (C=O) groups excluding carboxylic acids is 2. The van der Waals surface area contributed by atoms with Gasteiger partial charge >= 0.3 is 5.97 Å². The summed E-state index contributed by atoms with van der Waals surface area (Å²) >= 11 is 0. The third kappa shape index (κ3) is 7.14. The minimum absolute atomic E-state index is 0.167. The Morgan fingerprint density at radius 2 is 2.00 bits per heavy atom. The lowest BCUT2D eigenvalue weighted by Crippen LogP contribution is -2.44. The number of esters is 1. The smallest absolute Gasteiger partial charge is 0.308 e. The first kappa shape index (κ1) is 29.4. The molecule has 0 saturated heterocycles. The van der Waals surface area contributed by atoms with Gasteiger partial charge in [-0.1, -0.05) is 31.9 Å². The van der Waals surface area contributed by atoms with E-state index in [9.17, 15) is 14.7 Å². The van der Waals surface area contributed by atoms with E-state index in [1.165, 1.54) is 32.8 Å². The summed E-state index contributed by atoms with van der Waals surface area (Å²) in [5, 5.41) is 14.0.